The van der Waals surface area contributed by atoms with Gasteiger partial charge in [0.15, 0.2) is 0 Å². The van der Waals surface area contributed by atoms with Crippen LogP contribution in [0.1, 0.15) is 17.0 Å². The molecule has 5 aromatic rings. The number of hydrogen-bond acceptors (Lipinski definition) is 2. The average molecular weight is 393 g/mol. The number of nitrogens with zero attached hydrogens (tertiary/aromatic N) is 4. The maximum absolute atomic E-state index is 4.69. The van der Waals surface area contributed by atoms with Crippen molar-refractivity contribution in [3.63, 3.8) is 0 Å². The Kier molecular flexibility index (Phi) is 4.28. The summed E-state index contributed by atoms with van der Waals surface area (Å²) in [6.07, 6.45) is 3.91. The predicted octanol–water partition coefficient (Wildman–Crippen LogP) is 6.02. The van der Waals surface area contributed by atoms with Crippen LogP contribution in [0.5, 0.6) is 0 Å². The Morgan fingerprint density at radius 1 is 0.767 bits per heavy atom. The molecule has 0 spiro atoms. The smallest absolute Gasteiger partial charge is 0.144 e. The summed E-state index contributed by atoms with van der Waals surface area (Å²) in [5, 5.41) is 0. The second kappa shape index (κ2) is 6.99. The van der Waals surface area contributed by atoms with Gasteiger partial charge in [0.05, 0.1) is 16.7 Å². The van der Waals surface area contributed by atoms with E-state index in [4.69, 9.17) is 9.97 Å². The molecule has 30 heavy (non-hydrogen) atoms. The lowest BCUT2D eigenvalue weighted by atomic mass is 9.98. The summed E-state index contributed by atoms with van der Waals surface area (Å²) in [6, 6.07) is 21.4. The minimum atomic E-state index is 0.930. The molecular formula is C26H24N4. The van der Waals surface area contributed by atoms with Gasteiger partial charge in [0, 0.05) is 25.0 Å². The molecule has 4 heteroatoms. The number of rotatable bonds is 3. The van der Waals surface area contributed by atoms with Gasteiger partial charge in [-0.1, -0.05) is 30.3 Å². The monoisotopic (exact) mass is 392 g/mol. The van der Waals surface area contributed by atoms with Gasteiger partial charge in [-0.2, -0.15) is 0 Å². The summed E-state index contributed by atoms with van der Waals surface area (Å²) in [4.78, 5) is 9.38. The van der Waals surface area contributed by atoms with Gasteiger partial charge in [-0.15, -0.1) is 0 Å². The first kappa shape index (κ1) is 18.4. The van der Waals surface area contributed by atoms with Gasteiger partial charge >= 0.3 is 0 Å². The van der Waals surface area contributed by atoms with E-state index >= 15 is 0 Å². The summed E-state index contributed by atoms with van der Waals surface area (Å²) >= 11 is 0. The predicted molar refractivity (Wildman–Crippen MR) is 123 cm³/mol. The van der Waals surface area contributed by atoms with Crippen molar-refractivity contribution in [2.75, 3.05) is 0 Å². The van der Waals surface area contributed by atoms with E-state index in [0.29, 0.717) is 0 Å². The van der Waals surface area contributed by atoms with Gasteiger partial charge < -0.3 is 4.57 Å². The van der Waals surface area contributed by atoms with Crippen LogP contribution in [0.2, 0.25) is 0 Å². The molecule has 2 aromatic heterocycles. The minimum absolute atomic E-state index is 0.930. The van der Waals surface area contributed by atoms with Gasteiger partial charge in [0.1, 0.15) is 11.6 Å². The number of imidazole rings is 2. The van der Waals surface area contributed by atoms with Crippen LogP contribution >= 0.6 is 0 Å². The summed E-state index contributed by atoms with van der Waals surface area (Å²) in [6.45, 7) is 6.37. The molecule has 0 aliphatic rings. The Bertz CT molecular complexity index is 1350. The van der Waals surface area contributed by atoms with Gasteiger partial charge in [0.2, 0.25) is 0 Å². The van der Waals surface area contributed by atoms with Crippen LogP contribution < -0.4 is 0 Å². The highest BCUT2D eigenvalue weighted by atomic mass is 15.1. The molecule has 0 saturated heterocycles. The maximum atomic E-state index is 4.69. The van der Waals surface area contributed by atoms with Crippen molar-refractivity contribution < 1.29 is 0 Å². The Morgan fingerprint density at radius 2 is 1.50 bits per heavy atom. The Labute approximate surface area is 176 Å². The topological polar surface area (TPSA) is 35.6 Å². The van der Waals surface area contributed by atoms with Crippen LogP contribution in [0.4, 0.5) is 0 Å². The van der Waals surface area contributed by atoms with E-state index in [0.717, 1.165) is 28.2 Å². The Morgan fingerprint density at radius 3 is 2.23 bits per heavy atom. The zero-order chi connectivity index (χ0) is 20.8. The second-order valence-electron chi connectivity index (χ2n) is 7.87. The van der Waals surface area contributed by atoms with E-state index in [2.05, 4.69) is 83.6 Å². The highest BCUT2D eigenvalue weighted by Gasteiger charge is 2.15. The van der Waals surface area contributed by atoms with Gasteiger partial charge in [0.25, 0.3) is 0 Å². The first-order chi connectivity index (χ1) is 14.5. The molecular weight excluding hydrogens is 368 g/mol. The molecule has 0 fully saturated rings. The third-order valence-electron chi connectivity index (χ3n) is 5.84. The van der Waals surface area contributed by atoms with Crippen LogP contribution in [0.15, 0.2) is 73.1 Å². The van der Waals surface area contributed by atoms with Crippen LogP contribution in [0, 0.1) is 20.8 Å². The van der Waals surface area contributed by atoms with Crippen LogP contribution in [0.3, 0.4) is 0 Å². The van der Waals surface area contributed by atoms with Gasteiger partial charge in [-0.05, 0) is 73.4 Å². The quantitative estimate of drug-likeness (QED) is 0.376. The summed E-state index contributed by atoms with van der Waals surface area (Å²) in [7, 11) is 2.05. The normalized spacial score (nSPS) is 11.3. The molecule has 0 N–H and O–H groups in total. The fraction of sp³-hybridized carbons (Fsp3) is 0.154. The number of benzene rings is 3. The fourth-order valence-electron chi connectivity index (χ4n) is 4.29. The molecule has 4 nitrogen and oxygen atoms in total. The summed E-state index contributed by atoms with van der Waals surface area (Å²) < 4.78 is 4.30. The lowest BCUT2D eigenvalue weighted by molar-refractivity contribution is 0.886. The molecule has 0 radical (unpaired) electrons. The molecule has 0 saturated carbocycles. The summed E-state index contributed by atoms with van der Waals surface area (Å²) in [5.74, 6) is 1.94. The van der Waals surface area contributed by atoms with Gasteiger partial charge in [-0.3, -0.25) is 4.57 Å². The molecule has 3 aromatic carbocycles. The van der Waals surface area contributed by atoms with Crippen molar-refractivity contribution in [1.82, 2.24) is 19.1 Å². The van der Waals surface area contributed by atoms with Crippen molar-refractivity contribution >= 4 is 11.0 Å². The number of hydrogen-bond donors (Lipinski definition) is 0. The van der Waals surface area contributed by atoms with Crippen molar-refractivity contribution in [2.45, 2.75) is 20.8 Å². The molecule has 0 atom stereocenters. The number of fused-ring (bicyclic) bond motifs is 1. The molecule has 5 rings (SSSR count). The molecule has 0 aliphatic heterocycles. The lowest BCUT2D eigenvalue weighted by Gasteiger charge is -2.16. The van der Waals surface area contributed by atoms with E-state index in [9.17, 15) is 0 Å². The van der Waals surface area contributed by atoms with Crippen LogP contribution in [-0.4, -0.2) is 19.1 Å². The van der Waals surface area contributed by atoms with Crippen molar-refractivity contribution in [2.24, 2.45) is 7.05 Å². The minimum Gasteiger partial charge on any atom is -0.331 e. The zero-order valence-electron chi connectivity index (χ0n) is 17.7. The third-order valence-corrected chi connectivity index (χ3v) is 5.84. The third kappa shape index (κ3) is 2.92. The first-order valence-corrected chi connectivity index (χ1v) is 10.2. The van der Waals surface area contributed by atoms with E-state index in [-0.39, 0.29) is 0 Å². The van der Waals surface area contributed by atoms with Crippen molar-refractivity contribution in [3.8, 4) is 28.2 Å². The molecule has 2 heterocycles. The highest BCUT2D eigenvalue weighted by Crippen LogP contribution is 2.31. The SMILES string of the molecule is Cc1cc(-c2ccccc2)cc(C)c1-n1ccnc1-c1ccc2c(c1)nc(C)n2C. The molecule has 0 bridgehead atoms. The van der Waals surface area contributed by atoms with E-state index in [1.54, 1.807) is 0 Å². The largest absolute Gasteiger partial charge is 0.331 e. The van der Waals surface area contributed by atoms with Gasteiger partial charge in [-0.25, -0.2) is 9.97 Å². The molecule has 0 aliphatic carbocycles. The Balaban J connectivity index is 1.63. The van der Waals surface area contributed by atoms with E-state index < -0.39 is 0 Å². The fourth-order valence-corrected chi connectivity index (χ4v) is 4.29. The molecule has 148 valence electrons. The molecule has 0 amide bonds. The zero-order valence-corrected chi connectivity index (χ0v) is 17.7. The van der Waals surface area contributed by atoms with Crippen LogP contribution in [-0.2, 0) is 7.05 Å². The lowest BCUT2D eigenvalue weighted by Crippen LogP contribution is -2.02. The Hall–Kier alpha value is -3.66. The molecule has 0 unspecified atom stereocenters. The number of aryl methyl sites for hydroxylation is 4. The van der Waals surface area contributed by atoms with E-state index in [1.807, 2.05) is 26.4 Å². The van der Waals surface area contributed by atoms with Crippen molar-refractivity contribution in [1.29, 1.82) is 0 Å². The maximum Gasteiger partial charge on any atom is 0.144 e. The standard InChI is InChI=1S/C26H24N4/c1-17-14-22(20-8-6-5-7-9-20)15-18(2)25(17)30-13-12-27-26(30)21-10-11-24-23(16-21)28-19(3)29(24)4/h5-16H,1-4H3. The highest BCUT2D eigenvalue weighted by molar-refractivity contribution is 5.82. The summed E-state index contributed by atoms with van der Waals surface area (Å²) in [5.41, 5.74) is 9.30. The second-order valence-corrected chi connectivity index (χ2v) is 7.87. The average Bonchev–Trinajstić information content (AvgIpc) is 3.33. The van der Waals surface area contributed by atoms with E-state index in [1.165, 1.54) is 27.9 Å². The van der Waals surface area contributed by atoms with Crippen LogP contribution in [0.25, 0.3) is 39.2 Å². The number of aromatic nitrogens is 4. The first-order valence-electron chi connectivity index (χ1n) is 10.2. The van der Waals surface area contributed by atoms with Crippen molar-refractivity contribution in [3.05, 3.63) is 90.0 Å².